The lowest BCUT2D eigenvalue weighted by atomic mass is 9.78. The summed E-state index contributed by atoms with van der Waals surface area (Å²) >= 11 is 5.47. The second-order valence-electron chi connectivity index (χ2n) is 4.56. The van der Waals surface area contributed by atoms with Gasteiger partial charge in [-0.05, 0) is 49.3 Å². The highest BCUT2D eigenvalue weighted by Gasteiger charge is 2.37. The molecule has 3 N–H and O–H groups in total. The first-order chi connectivity index (χ1) is 7.70. The molecule has 0 aromatic rings. The van der Waals surface area contributed by atoms with Crippen molar-refractivity contribution in [1.82, 2.24) is 15.5 Å². The van der Waals surface area contributed by atoms with E-state index in [-0.39, 0.29) is 23.9 Å². The molecule has 2 aliphatic rings. The standard InChI is InChI=1S/C10H16ClN3O2/c11-12-5-6-1-3-7(4-2-6)8-9(15)14-10(16)13-8/h6-8,12H,1-5H2,(H2,13,14,15,16). The van der Waals surface area contributed by atoms with E-state index < -0.39 is 0 Å². The van der Waals surface area contributed by atoms with Crippen LogP contribution < -0.4 is 15.5 Å². The summed E-state index contributed by atoms with van der Waals surface area (Å²) in [6, 6.07) is -0.683. The summed E-state index contributed by atoms with van der Waals surface area (Å²) in [5.74, 6) is 0.691. The summed E-state index contributed by atoms with van der Waals surface area (Å²) in [6.45, 7) is 0.817. The highest BCUT2D eigenvalue weighted by Crippen LogP contribution is 2.31. The van der Waals surface area contributed by atoms with E-state index in [9.17, 15) is 9.59 Å². The molecule has 0 bridgehead atoms. The van der Waals surface area contributed by atoms with Gasteiger partial charge in [0.05, 0.1) is 0 Å². The van der Waals surface area contributed by atoms with Crippen LogP contribution in [0.15, 0.2) is 0 Å². The van der Waals surface area contributed by atoms with Crippen LogP contribution in [0.2, 0.25) is 0 Å². The van der Waals surface area contributed by atoms with Gasteiger partial charge >= 0.3 is 6.03 Å². The van der Waals surface area contributed by atoms with Crippen LogP contribution in [0.1, 0.15) is 25.7 Å². The van der Waals surface area contributed by atoms with Gasteiger partial charge in [0.15, 0.2) is 0 Å². The molecule has 1 saturated carbocycles. The highest BCUT2D eigenvalue weighted by molar-refractivity contribution is 6.13. The van der Waals surface area contributed by atoms with Gasteiger partial charge < -0.3 is 5.32 Å². The van der Waals surface area contributed by atoms with E-state index in [0.29, 0.717) is 5.92 Å². The molecular weight excluding hydrogens is 230 g/mol. The fourth-order valence-electron chi connectivity index (χ4n) is 2.60. The lowest BCUT2D eigenvalue weighted by Gasteiger charge is -2.30. The third-order valence-electron chi connectivity index (χ3n) is 3.53. The average Bonchev–Trinajstić information content (AvgIpc) is 2.59. The monoisotopic (exact) mass is 245 g/mol. The van der Waals surface area contributed by atoms with E-state index in [1.807, 2.05) is 0 Å². The van der Waals surface area contributed by atoms with Gasteiger partial charge in [-0.1, -0.05) is 0 Å². The fourth-order valence-corrected chi connectivity index (χ4v) is 2.82. The molecule has 16 heavy (non-hydrogen) atoms. The van der Waals surface area contributed by atoms with Gasteiger partial charge in [-0.2, -0.15) is 0 Å². The minimum Gasteiger partial charge on any atom is -0.326 e. The van der Waals surface area contributed by atoms with Crippen molar-refractivity contribution in [3.8, 4) is 0 Å². The quantitative estimate of drug-likeness (QED) is 0.508. The Labute approximate surface area is 99.4 Å². The van der Waals surface area contributed by atoms with Crippen LogP contribution in [-0.2, 0) is 4.79 Å². The Hall–Kier alpha value is -0.810. The van der Waals surface area contributed by atoms with Crippen molar-refractivity contribution in [2.45, 2.75) is 31.7 Å². The molecule has 3 amide bonds. The first kappa shape index (κ1) is 11.7. The normalized spacial score (nSPS) is 34.7. The van der Waals surface area contributed by atoms with Crippen molar-refractivity contribution in [3.05, 3.63) is 0 Å². The molecule has 0 radical (unpaired) electrons. The Morgan fingerprint density at radius 1 is 1.25 bits per heavy atom. The SMILES string of the molecule is O=C1NC(=O)C(C2CCC(CNCl)CC2)N1. The topological polar surface area (TPSA) is 70.2 Å². The van der Waals surface area contributed by atoms with Crippen molar-refractivity contribution in [2.75, 3.05) is 6.54 Å². The predicted octanol–water partition coefficient (Wildman–Crippen LogP) is 0.744. The molecule has 1 saturated heterocycles. The molecule has 1 heterocycles. The summed E-state index contributed by atoms with van der Waals surface area (Å²) in [5.41, 5.74) is 0. The van der Waals surface area contributed by atoms with E-state index in [2.05, 4.69) is 15.5 Å². The molecule has 6 heteroatoms. The zero-order valence-corrected chi connectivity index (χ0v) is 9.72. The Morgan fingerprint density at radius 2 is 1.94 bits per heavy atom. The van der Waals surface area contributed by atoms with Crippen LogP contribution in [0.5, 0.6) is 0 Å². The van der Waals surface area contributed by atoms with E-state index in [0.717, 1.165) is 32.2 Å². The molecule has 2 fully saturated rings. The molecule has 1 atom stereocenters. The van der Waals surface area contributed by atoms with E-state index in [1.54, 1.807) is 0 Å². The van der Waals surface area contributed by atoms with Crippen LogP contribution in [0.3, 0.4) is 0 Å². The maximum atomic E-state index is 11.5. The molecule has 1 unspecified atom stereocenters. The Balaban J connectivity index is 1.85. The van der Waals surface area contributed by atoms with Crippen molar-refractivity contribution in [1.29, 1.82) is 0 Å². The maximum Gasteiger partial charge on any atom is 0.322 e. The van der Waals surface area contributed by atoms with Gasteiger partial charge in [0, 0.05) is 6.54 Å². The number of halogens is 1. The largest absolute Gasteiger partial charge is 0.326 e. The molecule has 1 aliphatic carbocycles. The van der Waals surface area contributed by atoms with Crippen molar-refractivity contribution >= 4 is 23.7 Å². The molecule has 0 aromatic carbocycles. The summed E-state index contributed by atoms with van der Waals surface area (Å²) in [4.78, 5) is 25.1. The number of imide groups is 1. The van der Waals surface area contributed by atoms with Gasteiger partial charge in [0.25, 0.3) is 5.91 Å². The summed E-state index contributed by atoms with van der Waals surface area (Å²) in [5, 5.41) is 4.96. The Morgan fingerprint density at radius 3 is 2.44 bits per heavy atom. The first-order valence-electron chi connectivity index (χ1n) is 5.65. The van der Waals surface area contributed by atoms with Crippen molar-refractivity contribution in [2.24, 2.45) is 11.8 Å². The van der Waals surface area contributed by atoms with Gasteiger partial charge in [-0.3, -0.25) is 10.1 Å². The number of urea groups is 1. The van der Waals surface area contributed by atoms with E-state index in [4.69, 9.17) is 11.8 Å². The van der Waals surface area contributed by atoms with Gasteiger partial charge in [-0.15, -0.1) is 0 Å². The smallest absolute Gasteiger partial charge is 0.322 e. The van der Waals surface area contributed by atoms with Crippen molar-refractivity contribution < 1.29 is 9.59 Å². The zero-order valence-electron chi connectivity index (χ0n) is 8.96. The molecule has 2 rings (SSSR count). The van der Waals surface area contributed by atoms with E-state index in [1.165, 1.54) is 0 Å². The molecule has 5 nitrogen and oxygen atoms in total. The minimum absolute atomic E-state index is 0.177. The third kappa shape index (κ3) is 2.47. The number of carbonyl (C=O) groups excluding carboxylic acids is 2. The third-order valence-corrected chi connectivity index (χ3v) is 3.69. The number of nitrogens with one attached hydrogen (secondary N) is 3. The maximum absolute atomic E-state index is 11.5. The number of hydrogen-bond donors (Lipinski definition) is 3. The summed E-state index contributed by atoms with van der Waals surface area (Å²) in [6.07, 6.45) is 4.07. The molecule has 90 valence electrons. The van der Waals surface area contributed by atoms with Crippen molar-refractivity contribution in [3.63, 3.8) is 0 Å². The number of rotatable bonds is 3. The molecular formula is C10H16ClN3O2. The van der Waals surface area contributed by atoms with Crippen LogP contribution >= 0.6 is 11.8 Å². The average molecular weight is 246 g/mol. The van der Waals surface area contributed by atoms with Crippen LogP contribution in [0.4, 0.5) is 4.79 Å². The Kier molecular flexibility index (Phi) is 3.66. The summed E-state index contributed by atoms with van der Waals surface area (Å²) < 4.78 is 0. The number of hydrogen-bond acceptors (Lipinski definition) is 3. The minimum atomic E-state index is -0.362. The summed E-state index contributed by atoms with van der Waals surface area (Å²) in [7, 11) is 0. The molecule has 0 aromatic heterocycles. The van der Waals surface area contributed by atoms with Gasteiger partial charge in [0.1, 0.15) is 6.04 Å². The van der Waals surface area contributed by atoms with Crippen LogP contribution in [0.25, 0.3) is 0 Å². The number of carbonyl (C=O) groups is 2. The fraction of sp³-hybridized carbons (Fsp3) is 0.800. The molecule has 0 spiro atoms. The molecule has 1 aliphatic heterocycles. The first-order valence-corrected chi connectivity index (χ1v) is 6.03. The lowest BCUT2D eigenvalue weighted by Crippen LogP contribution is -2.39. The van der Waals surface area contributed by atoms with E-state index >= 15 is 0 Å². The lowest BCUT2D eigenvalue weighted by molar-refractivity contribution is -0.121. The van der Waals surface area contributed by atoms with Crippen LogP contribution in [0, 0.1) is 11.8 Å². The van der Waals surface area contributed by atoms with Gasteiger partial charge in [0.2, 0.25) is 0 Å². The Bertz CT molecular complexity index is 290. The second kappa shape index (κ2) is 5.01. The zero-order chi connectivity index (χ0) is 11.5. The highest BCUT2D eigenvalue weighted by atomic mass is 35.5. The number of amides is 3. The second-order valence-corrected chi connectivity index (χ2v) is 4.83. The van der Waals surface area contributed by atoms with Crippen LogP contribution in [-0.4, -0.2) is 24.5 Å². The predicted molar refractivity (Wildman–Crippen MR) is 59.8 cm³/mol. The van der Waals surface area contributed by atoms with Gasteiger partial charge in [-0.25, -0.2) is 9.63 Å².